The Balaban J connectivity index is 1.63. The summed E-state index contributed by atoms with van der Waals surface area (Å²) in [6.45, 7) is 2.09. The molecule has 0 bridgehead atoms. The van der Waals surface area contributed by atoms with Crippen molar-refractivity contribution in [3.05, 3.63) is 47.2 Å². The molecule has 25 heavy (non-hydrogen) atoms. The third-order valence-corrected chi connectivity index (χ3v) is 4.95. The van der Waals surface area contributed by atoms with Gasteiger partial charge in [0.1, 0.15) is 5.75 Å². The minimum absolute atomic E-state index is 0.202. The van der Waals surface area contributed by atoms with Crippen LogP contribution in [0, 0.1) is 6.92 Å². The number of carbonyl (C=O) groups is 1. The smallest absolute Gasteiger partial charge is 0.292 e. The van der Waals surface area contributed by atoms with E-state index in [-0.39, 0.29) is 11.9 Å². The number of aliphatic hydroxyl groups excluding tert-OH is 1. The molecule has 132 valence electrons. The average molecular weight is 342 g/mol. The number of likely N-dealkylation sites (tertiary alicyclic amines) is 1. The molecule has 1 N–H and O–H groups in total. The van der Waals surface area contributed by atoms with Gasteiger partial charge in [-0.3, -0.25) is 4.79 Å². The molecule has 1 aromatic heterocycles. The predicted octanol–water partition coefficient (Wildman–Crippen LogP) is 2.82. The van der Waals surface area contributed by atoms with Gasteiger partial charge in [0, 0.05) is 12.5 Å². The molecule has 2 atom stereocenters. The zero-order valence-corrected chi connectivity index (χ0v) is 14.4. The number of aromatic nitrogens is 1. The van der Waals surface area contributed by atoms with Crippen molar-refractivity contribution in [1.29, 1.82) is 0 Å². The summed E-state index contributed by atoms with van der Waals surface area (Å²) in [7, 11) is 1.61. The number of hydrogen-bond donors (Lipinski definition) is 1. The molecule has 6 heteroatoms. The van der Waals surface area contributed by atoms with E-state index in [4.69, 9.17) is 9.15 Å². The van der Waals surface area contributed by atoms with Crippen molar-refractivity contribution in [3.8, 4) is 5.75 Å². The molecule has 2 aliphatic rings. The molecule has 2 fully saturated rings. The molecule has 2 aromatic rings. The van der Waals surface area contributed by atoms with Gasteiger partial charge in [-0.15, -0.1) is 0 Å². The highest BCUT2D eigenvalue weighted by molar-refractivity contribution is 5.93. The van der Waals surface area contributed by atoms with Crippen LogP contribution in [-0.2, 0) is 0 Å². The fourth-order valence-corrected chi connectivity index (χ4v) is 3.45. The van der Waals surface area contributed by atoms with E-state index < -0.39 is 6.10 Å². The Bertz CT molecular complexity index is 796. The molecular formula is C19H22N2O4. The van der Waals surface area contributed by atoms with Crippen LogP contribution < -0.4 is 4.74 Å². The molecule has 1 saturated heterocycles. The van der Waals surface area contributed by atoms with Crippen molar-refractivity contribution in [2.45, 2.75) is 44.2 Å². The number of rotatable bonds is 4. The first kappa shape index (κ1) is 16.1. The molecule has 0 radical (unpaired) electrons. The van der Waals surface area contributed by atoms with Gasteiger partial charge in [-0.05, 0) is 43.9 Å². The number of ether oxygens (including phenoxy) is 1. The number of hydrogen-bond acceptors (Lipinski definition) is 5. The van der Waals surface area contributed by atoms with Crippen LogP contribution in [0.15, 0.2) is 28.7 Å². The topological polar surface area (TPSA) is 75.8 Å². The number of nitrogens with zero attached hydrogens (tertiary/aromatic N) is 2. The van der Waals surface area contributed by atoms with Crippen LogP contribution >= 0.6 is 0 Å². The quantitative estimate of drug-likeness (QED) is 0.925. The van der Waals surface area contributed by atoms with Crippen molar-refractivity contribution >= 4 is 5.91 Å². The van der Waals surface area contributed by atoms with Crippen LogP contribution in [0.1, 0.15) is 58.9 Å². The molecule has 6 nitrogen and oxygen atoms in total. The highest BCUT2D eigenvalue weighted by Gasteiger charge is 2.39. The number of aryl methyl sites for hydroxylation is 1. The molecule has 1 saturated carbocycles. The Kier molecular flexibility index (Phi) is 4.00. The number of amides is 1. The standard InChI is InChI=1S/C19H22N2O4/c1-11-17(25-18(20-11)12-6-7-12)19(23)21-10-14(22)9-16(21)13-4-3-5-15(8-13)24-2/h3-5,8,12,14,16,22H,6-7,9-10H2,1-2H3/t14-,16-/m0/s1. The van der Waals surface area contributed by atoms with Crippen LogP contribution in [0.25, 0.3) is 0 Å². The molecule has 1 aliphatic heterocycles. The van der Waals surface area contributed by atoms with Gasteiger partial charge >= 0.3 is 0 Å². The Morgan fingerprint density at radius 3 is 2.92 bits per heavy atom. The number of methoxy groups -OCH3 is 1. The lowest BCUT2D eigenvalue weighted by molar-refractivity contribution is 0.0680. The highest BCUT2D eigenvalue weighted by Crippen LogP contribution is 2.41. The molecule has 2 heterocycles. The maximum absolute atomic E-state index is 13.1. The van der Waals surface area contributed by atoms with Gasteiger partial charge in [0.15, 0.2) is 5.89 Å². The second-order valence-electron chi connectivity index (χ2n) is 6.88. The van der Waals surface area contributed by atoms with Crippen molar-refractivity contribution in [2.24, 2.45) is 0 Å². The highest BCUT2D eigenvalue weighted by atomic mass is 16.5. The van der Waals surface area contributed by atoms with Crippen molar-refractivity contribution < 1.29 is 19.1 Å². The molecule has 4 rings (SSSR count). The summed E-state index contributed by atoms with van der Waals surface area (Å²) in [6, 6.07) is 7.42. The second kappa shape index (κ2) is 6.19. The predicted molar refractivity (Wildman–Crippen MR) is 90.6 cm³/mol. The minimum Gasteiger partial charge on any atom is -0.497 e. The summed E-state index contributed by atoms with van der Waals surface area (Å²) in [5.41, 5.74) is 1.57. The third-order valence-electron chi connectivity index (χ3n) is 4.95. The summed E-state index contributed by atoms with van der Waals surface area (Å²) in [6.07, 6.45) is 2.10. The van der Waals surface area contributed by atoms with E-state index in [1.165, 1.54) is 0 Å². The van der Waals surface area contributed by atoms with E-state index in [9.17, 15) is 9.90 Å². The van der Waals surface area contributed by atoms with Crippen molar-refractivity contribution in [3.63, 3.8) is 0 Å². The largest absolute Gasteiger partial charge is 0.497 e. The van der Waals surface area contributed by atoms with Gasteiger partial charge in [0.2, 0.25) is 5.76 Å². The molecule has 1 amide bonds. The third kappa shape index (κ3) is 3.02. The van der Waals surface area contributed by atoms with Gasteiger partial charge in [0.25, 0.3) is 5.91 Å². The van der Waals surface area contributed by atoms with E-state index in [0.717, 1.165) is 24.2 Å². The molecule has 0 spiro atoms. The van der Waals surface area contributed by atoms with E-state index in [2.05, 4.69) is 4.98 Å². The van der Waals surface area contributed by atoms with Gasteiger partial charge in [-0.25, -0.2) is 4.98 Å². The van der Waals surface area contributed by atoms with Crippen molar-refractivity contribution in [2.75, 3.05) is 13.7 Å². The molecule has 1 aromatic carbocycles. The number of β-amino-alcohol motifs (C(OH)–C–C–N with tert-alkyl or cyclic N) is 1. The van der Waals surface area contributed by atoms with Crippen LogP contribution in [-0.4, -0.2) is 40.7 Å². The number of oxazole rings is 1. The monoisotopic (exact) mass is 342 g/mol. The Morgan fingerprint density at radius 1 is 1.40 bits per heavy atom. The first-order valence-electron chi connectivity index (χ1n) is 8.67. The summed E-state index contributed by atoms with van der Waals surface area (Å²) in [5.74, 6) is 1.85. The number of carbonyl (C=O) groups excluding carboxylic acids is 1. The van der Waals surface area contributed by atoms with Gasteiger partial charge < -0.3 is 19.2 Å². The van der Waals surface area contributed by atoms with Crippen LogP contribution in [0.2, 0.25) is 0 Å². The lowest BCUT2D eigenvalue weighted by atomic mass is 10.0. The van der Waals surface area contributed by atoms with E-state index in [1.54, 1.807) is 18.9 Å². The minimum atomic E-state index is -0.550. The fraction of sp³-hybridized carbons (Fsp3) is 0.474. The van der Waals surface area contributed by atoms with E-state index in [0.29, 0.717) is 36.2 Å². The summed E-state index contributed by atoms with van der Waals surface area (Å²) >= 11 is 0. The van der Waals surface area contributed by atoms with Crippen LogP contribution in [0.5, 0.6) is 5.75 Å². The van der Waals surface area contributed by atoms with Crippen LogP contribution in [0.3, 0.4) is 0 Å². The fourth-order valence-electron chi connectivity index (χ4n) is 3.45. The van der Waals surface area contributed by atoms with Gasteiger partial charge in [-0.2, -0.15) is 0 Å². The Labute approximate surface area is 146 Å². The van der Waals surface area contributed by atoms with Crippen LogP contribution in [0.4, 0.5) is 0 Å². The normalized spacial score (nSPS) is 23.1. The maximum atomic E-state index is 13.1. The van der Waals surface area contributed by atoms with Gasteiger partial charge in [0.05, 0.1) is 24.9 Å². The maximum Gasteiger partial charge on any atom is 0.292 e. The molecule has 1 aliphatic carbocycles. The first-order chi connectivity index (χ1) is 12.1. The molecular weight excluding hydrogens is 320 g/mol. The average Bonchev–Trinajstić information content (AvgIpc) is 3.29. The summed E-state index contributed by atoms with van der Waals surface area (Å²) < 4.78 is 11.1. The lowest BCUT2D eigenvalue weighted by Crippen LogP contribution is -2.32. The zero-order chi connectivity index (χ0) is 17.6. The zero-order valence-electron chi connectivity index (χ0n) is 14.4. The first-order valence-corrected chi connectivity index (χ1v) is 8.67. The van der Waals surface area contributed by atoms with Crippen molar-refractivity contribution in [1.82, 2.24) is 9.88 Å². The summed E-state index contributed by atoms with van der Waals surface area (Å²) in [5, 5.41) is 10.2. The lowest BCUT2D eigenvalue weighted by Gasteiger charge is -2.24. The Hall–Kier alpha value is -2.34. The van der Waals surface area contributed by atoms with E-state index >= 15 is 0 Å². The SMILES string of the molecule is COc1cccc([C@@H]2C[C@H](O)CN2C(=O)c2oc(C3CC3)nc2C)c1. The van der Waals surface area contributed by atoms with Gasteiger partial charge in [-0.1, -0.05) is 12.1 Å². The Morgan fingerprint density at radius 2 is 2.20 bits per heavy atom. The second-order valence-corrected chi connectivity index (χ2v) is 6.88. The molecule has 0 unspecified atom stereocenters. The number of aliphatic hydroxyl groups is 1. The van der Waals surface area contributed by atoms with E-state index in [1.807, 2.05) is 24.3 Å². The number of benzene rings is 1. The summed E-state index contributed by atoms with van der Waals surface area (Å²) in [4.78, 5) is 19.2.